The summed E-state index contributed by atoms with van der Waals surface area (Å²) in [6.45, 7) is 2.42. The van der Waals surface area contributed by atoms with E-state index in [-0.39, 0.29) is 0 Å². The molecule has 0 bridgehead atoms. The molecule has 2 aliphatic rings. The maximum atomic E-state index is 3.72. The summed E-state index contributed by atoms with van der Waals surface area (Å²) in [5.41, 5.74) is 1.51. The topological polar surface area (TPSA) is 24.1 Å². The highest BCUT2D eigenvalue weighted by atomic mass is 15.0. The largest absolute Gasteiger partial charge is 0.314 e. The van der Waals surface area contributed by atoms with Crippen LogP contribution in [0.15, 0.2) is 30.3 Å². The molecule has 1 aromatic rings. The Labute approximate surface area is 117 Å². The van der Waals surface area contributed by atoms with Crippen molar-refractivity contribution in [3.63, 3.8) is 0 Å². The number of piperidine rings is 1. The SMILES string of the molecule is c1ccc(C2CC2NCCCC2CCCCN2)cc1. The summed E-state index contributed by atoms with van der Waals surface area (Å²) >= 11 is 0. The van der Waals surface area contributed by atoms with Gasteiger partial charge in [0.15, 0.2) is 0 Å². The highest BCUT2D eigenvalue weighted by Crippen LogP contribution is 2.40. The third kappa shape index (κ3) is 3.80. The molecule has 1 aliphatic heterocycles. The fourth-order valence-corrected chi connectivity index (χ4v) is 3.30. The Kier molecular flexibility index (Phi) is 4.52. The smallest absolute Gasteiger partial charge is 0.0143 e. The Morgan fingerprint density at radius 2 is 2.05 bits per heavy atom. The first-order chi connectivity index (χ1) is 9.43. The van der Waals surface area contributed by atoms with Crippen molar-refractivity contribution in [3.8, 4) is 0 Å². The van der Waals surface area contributed by atoms with Gasteiger partial charge < -0.3 is 10.6 Å². The molecule has 0 amide bonds. The van der Waals surface area contributed by atoms with E-state index in [1.54, 1.807) is 0 Å². The summed E-state index contributed by atoms with van der Waals surface area (Å²) in [5.74, 6) is 0.772. The van der Waals surface area contributed by atoms with E-state index in [0.29, 0.717) is 0 Å². The molecule has 2 nitrogen and oxygen atoms in total. The minimum absolute atomic E-state index is 0.738. The lowest BCUT2D eigenvalue weighted by Gasteiger charge is -2.23. The van der Waals surface area contributed by atoms with Crippen molar-refractivity contribution in [1.29, 1.82) is 0 Å². The fraction of sp³-hybridized carbons (Fsp3) is 0.647. The summed E-state index contributed by atoms with van der Waals surface area (Å²) in [7, 11) is 0. The van der Waals surface area contributed by atoms with E-state index >= 15 is 0 Å². The molecule has 2 N–H and O–H groups in total. The molecule has 19 heavy (non-hydrogen) atoms. The van der Waals surface area contributed by atoms with Crippen molar-refractivity contribution in [2.45, 2.75) is 56.5 Å². The summed E-state index contributed by atoms with van der Waals surface area (Å²) in [6.07, 6.45) is 8.16. The van der Waals surface area contributed by atoms with Gasteiger partial charge in [0.05, 0.1) is 0 Å². The van der Waals surface area contributed by atoms with Crippen molar-refractivity contribution in [1.82, 2.24) is 10.6 Å². The van der Waals surface area contributed by atoms with Crippen molar-refractivity contribution in [2.24, 2.45) is 0 Å². The summed E-state index contributed by atoms with van der Waals surface area (Å²) in [6, 6.07) is 12.5. The van der Waals surface area contributed by atoms with Crippen LogP contribution in [0, 0.1) is 0 Å². The number of hydrogen-bond donors (Lipinski definition) is 2. The van der Waals surface area contributed by atoms with Crippen LogP contribution in [0.25, 0.3) is 0 Å². The van der Waals surface area contributed by atoms with Gasteiger partial charge in [-0.25, -0.2) is 0 Å². The van der Waals surface area contributed by atoms with Gasteiger partial charge in [0.2, 0.25) is 0 Å². The van der Waals surface area contributed by atoms with Gasteiger partial charge in [-0.15, -0.1) is 0 Å². The molecule has 1 aliphatic carbocycles. The maximum absolute atomic E-state index is 3.72. The molecule has 2 heteroatoms. The summed E-state index contributed by atoms with van der Waals surface area (Å²) < 4.78 is 0. The Bertz CT molecular complexity index is 370. The van der Waals surface area contributed by atoms with Crippen molar-refractivity contribution in [3.05, 3.63) is 35.9 Å². The number of nitrogens with one attached hydrogen (secondary N) is 2. The Morgan fingerprint density at radius 3 is 2.84 bits per heavy atom. The Hall–Kier alpha value is -0.860. The first-order valence-corrected chi connectivity index (χ1v) is 7.95. The Balaban J connectivity index is 1.30. The van der Waals surface area contributed by atoms with Gasteiger partial charge in [0.25, 0.3) is 0 Å². The molecule has 3 unspecified atom stereocenters. The van der Waals surface area contributed by atoms with Gasteiger partial charge in [0.1, 0.15) is 0 Å². The van der Waals surface area contributed by atoms with Crippen LogP contribution in [-0.2, 0) is 0 Å². The summed E-state index contributed by atoms with van der Waals surface area (Å²) in [5, 5.41) is 7.35. The van der Waals surface area contributed by atoms with Crippen molar-refractivity contribution in [2.75, 3.05) is 13.1 Å². The quantitative estimate of drug-likeness (QED) is 0.766. The van der Waals surface area contributed by atoms with E-state index in [4.69, 9.17) is 0 Å². The lowest BCUT2D eigenvalue weighted by molar-refractivity contribution is 0.372. The number of hydrogen-bond acceptors (Lipinski definition) is 2. The Morgan fingerprint density at radius 1 is 1.16 bits per heavy atom. The van der Waals surface area contributed by atoms with Gasteiger partial charge in [-0.2, -0.15) is 0 Å². The fourth-order valence-electron chi connectivity index (χ4n) is 3.30. The van der Waals surface area contributed by atoms with Gasteiger partial charge in [0, 0.05) is 18.0 Å². The standard InChI is InChI=1S/C17H26N2/c1-2-7-14(8-3-1)16-13-17(16)19-12-6-10-15-9-4-5-11-18-15/h1-3,7-8,15-19H,4-6,9-13H2. The molecule has 1 saturated heterocycles. The first kappa shape index (κ1) is 13.1. The molecule has 1 aromatic carbocycles. The van der Waals surface area contributed by atoms with Crippen molar-refractivity contribution < 1.29 is 0 Å². The lowest BCUT2D eigenvalue weighted by Crippen LogP contribution is -2.34. The zero-order chi connectivity index (χ0) is 12.9. The summed E-state index contributed by atoms with van der Waals surface area (Å²) in [4.78, 5) is 0. The molecule has 1 heterocycles. The van der Waals surface area contributed by atoms with Gasteiger partial charge >= 0.3 is 0 Å². The molecule has 3 rings (SSSR count). The molecule has 1 saturated carbocycles. The maximum Gasteiger partial charge on any atom is 0.0143 e. The predicted octanol–water partition coefficient (Wildman–Crippen LogP) is 3.05. The lowest BCUT2D eigenvalue weighted by atomic mass is 10.0. The second-order valence-corrected chi connectivity index (χ2v) is 6.10. The first-order valence-electron chi connectivity index (χ1n) is 7.95. The van der Waals surface area contributed by atoms with Crippen molar-refractivity contribution >= 4 is 0 Å². The normalized spacial score (nSPS) is 30.2. The van der Waals surface area contributed by atoms with Gasteiger partial charge in [-0.05, 0) is 50.8 Å². The zero-order valence-electron chi connectivity index (χ0n) is 11.8. The molecule has 0 spiro atoms. The minimum atomic E-state index is 0.738. The van der Waals surface area contributed by atoms with Crippen LogP contribution in [0.3, 0.4) is 0 Å². The molecule has 0 aromatic heterocycles. The molecular weight excluding hydrogens is 232 g/mol. The molecule has 2 fully saturated rings. The second-order valence-electron chi connectivity index (χ2n) is 6.10. The molecular formula is C17H26N2. The van der Waals surface area contributed by atoms with Crippen LogP contribution in [0.4, 0.5) is 0 Å². The predicted molar refractivity (Wildman–Crippen MR) is 80.5 cm³/mol. The van der Waals surface area contributed by atoms with E-state index < -0.39 is 0 Å². The van der Waals surface area contributed by atoms with E-state index in [9.17, 15) is 0 Å². The third-order valence-electron chi connectivity index (χ3n) is 4.57. The molecule has 3 atom stereocenters. The van der Waals surface area contributed by atoms with Crippen LogP contribution in [0.2, 0.25) is 0 Å². The van der Waals surface area contributed by atoms with E-state index in [0.717, 1.165) is 18.0 Å². The van der Waals surface area contributed by atoms with Crippen LogP contribution >= 0.6 is 0 Å². The van der Waals surface area contributed by atoms with Crippen LogP contribution in [0.5, 0.6) is 0 Å². The van der Waals surface area contributed by atoms with Gasteiger partial charge in [-0.1, -0.05) is 36.8 Å². The minimum Gasteiger partial charge on any atom is -0.314 e. The molecule has 104 valence electrons. The molecule has 0 radical (unpaired) electrons. The monoisotopic (exact) mass is 258 g/mol. The van der Waals surface area contributed by atoms with E-state index in [1.165, 1.54) is 57.2 Å². The van der Waals surface area contributed by atoms with E-state index in [1.807, 2.05) is 0 Å². The highest BCUT2D eigenvalue weighted by Gasteiger charge is 2.37. The number of benzene rings is 1. The third-order valence-corrected chi connectivity index (χ3v) is 4.57. The van der Waals surface area contributed by atoms with E-state index in [2.05, 4.69) is 41.0 Å². The zero-order valence-corrected chi connectivity index (χ0v) is 11.8. The average molecular weight is 258 g/mol. The van der Waals surface area contributed by atoms with Crippen LogP contribution < -0.4 is 10.6 Å². The van der Waals surface area contributed by atoms with Crippen LogP contribution in [0.1, 0.15) is 50.0 Å². The average Bonchev–Trinajstić information content (AvgIpc) is 3.25. The second kappa shape index (κ2) is 6.53. The highest BCUT2D eigenvalue weighted by molar-refractivity contribution is 5.27. The van der Waals surface area contributed by atoms with Crippen LogP contribution in [-0.4, -0.2) is 25.2 Å². The number of rotatable bonds is 6. The van der Waals surface area contributed by atoms with Gasteiger partial charge in [-0.3, -0.25) is 0 Å².